The number of nitrogens with one attached hydrogen (secondary N) is 1. The molecule has 2 atom stereocenters. The van der Waals surface area contributed by atoms with Gasteiger partial charge in [0, 0.05) is 57.2 Å². The molecule has 2 fully saturated rings. The molecule has 0 spiro atoms. The number of carbonyl (C=O) groups is 1. The second kappa shape index (κ2) is 9.03. The fourth-order valence-electron chi connectivity index (χ4n) is 5.06. The molecule has 0 aliphatic carbocycles. The summed E-state index contributed by atoms with van der Waals surface area (Å²) >= 11 is 0. The summed E-state index contributed by atoms with van der Waals surface area (Å²) in [6.07, 6.45) is 3.02. The maximum absolute atomic E-state index is 12.9. The van der Waals surface area contributed by atoms with Crippen LogP contribution in [-0.4, -0.2) is 65.1 Å². The summed E-state index contributed by atoms with van der Waals surface area (Å²) in [5.74, 6) is 1.74. The minimum atomic E-state index is -0.293. The van der Waals surface area contributed by atoms with Crippen LogP contribution in [0.3, 0.4) is 0 Å². The fraction of sp³-hybridized carbons (Fsp3) is 0.542. The number of benzene rings is 1. The highest BCUT2D eigenvalue weighted by atomic mass is 16.5. The summed E-state index contributed by atoms with van der Waals surface area (Å²) in [4.78, 5) is 37.6. The zero-order chi connectivity index (χ0) is 22.1. The number of aromatic amines is 1. The Hall–Kier alpha value is -2.71. The predicted molar refractivity (Wildman–Crippen MR) is 119 cm³/mol. The largest absolute Gasteiger partial charge is 0.496 e. The molecule has 5 rings (SSSR count). The van der Waals surface area contributed by atoms with Crippen molar-refractivity contribution in [3.8, 4) is 5.75 Å². The number of hydrogen-bond donors (Lipinski definition) is 1. The number of amides is 1. The van der Waals surface area contributed by atoms with Gasteiger partial charge >= 0.3 is 0 Å². The lowest BCUT2D eigenvalue weighted by Crippen LogP contribution is -2.38. The molecular formula is C24H30N4O4. The fourth-order valence-corrected chi connectivity index (χ4v) is 5.06. The van der Waals surface area contributed by atoms with Gasteiger partial charge < -0.3 is 19.4 Å². The Labute approximate surface area is 187 Å². The minimum absolute atomic E-state index is 0.0568. The molecule has 0 bridgehead atoms. The van der Waals surface area contributed by atoms with Crippen LogP contribution in [0.5, 0.6) is 5.75 Å². The lowest BCUT2D eigenvalue weighted by atomic mass is 10.0. The molecule has 2 aromatic rings. The number of para-hydroxylation sites is 1. The number of aromatic nitrogens is 2. The van der Waals surface area contributed by atoms with Crippen molar-refractivity contribution in [3.63, 3.8) is 0 Å². The lowest BCUT2D eigenvalue weighted by Gasteiger charge is -2.28. The molecular weight excluding hydrogens is 408 g/mol. The molecule has 3 aliphatic heterocycles. The molecule has 3 aliphatic rings. The summed E-state index contributed by atoms with van der Waals surface area (Å²) in [6.45, 7) is 4.10. The third kappa shape index (κ3) is 4.17. The molecule has 32 heavy (non-hydrogen) atoms. The van der Waals surface area contributed by atoms with Crippen molar-refractivity contribution in [2.45, 2.75) is 50.8 Å². The molecule has 1 N–H and O–H groups in total. The van der Waals surface area contributed by atoms with Gasteiger partial charge in [0.05, 0.1) is 18.4 Å². The van der Waals surface area contributed by atoms with Crippen LogP contribution >= 0.6 is 0 Å². The minimum Gasteiger partial charge on any atom is -0.496 e. The number of likely N-dealkylation sites (tertiary alicyclic amines) is 1. The summed E-state index contributed by atoms with van der Waals surface area (Å²) < 4.78 is 11.0. The first kappa shape index (κ1) is 21.2. The highest BCUT2D eigenvalue weighted by Crippen LogP contribution is 2.28. The number of carbonyl (C=O) groups excluding carboxylic acids is 1. The third-order valence-electron chi connectivity index (χ3n) is 6.84. The van der Waals surface area contributed by atoms with Gasteiger partial charge in [-0.2, -0.15) is 0 Å². The quantitative estimate of drug-likeness (QED) is 0.766. The van der Waals surface area contributed by atoms with E-state index in [0.29, 0.717) is 26.2 Å². The van der Waals surface area contributed by atoms with Crippen LogP contribution in [0.2, 0.25) is 0 Å². The van der Waals surface area contributed by atoms with Crippen LogP contribution in [0.1, 0.15) is 47.8 Å². The summed E-state index contributed by atoms with van der Waals surface area (Å²) in [5.41, 5.74) is 2.70. The van der Waals surface area contributed by atoms with Crippen LogP contribution in [0, 0.1) is 0 Å². The highest BCUT2D eigenvalue weighted by Gasteiger charge is 2.35. The van der Waals surface area contributed by atoms with E-state index in [-0.39, 0.29) is 23.5 Å². The first-order valence-electron chi connectivity index (χ1n) is 11.5. The highest BCUT2D eigenvalue weighted by molar-refractivity contribution is 5.81. The normalized spacial score (nSPS) is 23.3. The van der Waals surface area contributed by atoms with Gasteiger partial charge in [-0.15, -0.1) is 0 Å². The van der Waals surface area contributed by atoms with Gasteiger partial charge in [0.1, 0.15) is 17.7 Å². The Morgan fingerprint density at radius 1 is 1.28 bits per heavy atom. The summed E-state index contributed by atoms with van der Waals surface area (Å²) in [7, 11) is 1.68. The van der Waals surface area contributed by atoms with E-state index in [1.54, 1.807) is 7.11 Å². The Morgan fingerprint density at radius 2 is 2.16 bits per heavy atom. The SMILES string of the molecule is COc1ccccc1CN1CCc2nc(C3CCN(C(=O)C4CCCO4)C3)[nH]c(=O)c2C1. The molecule has 4 heterocycles. The predicted octanol–water partition coefficient (Wildman–Crippen LogP) is 1.83. The number of hydrogen-bond acceptors (Lipinski definition) is 6. The Morgan fingerprint density at radius 3 is 2.97 bits per heavy atom. The molecule has 2 saturated heterocycles. The van der Waals surface area contributed by atoms with E-state index >= 15 is 0 Å². The van der Waals surface area contributed by atoms with Gasteiger partial charge in [0.2, 0.25) is 0 Å². The molecule has 1 amide bonds. The smallest absolute Gasteiger partial charge is 0.255 e. The van der Waals surface area contributed by atoms with E-state index in [9.17, 15) is 9.59 Å². The number of nitrogens with zero attached hydrogens (tertiary/aromatic N) is 3. The van der Waals surface area contributed by atoms with Gasteiger partial charge in [-0.25, -0.2) is 4.98 Å². The lowest BCUT2D eigenvalue weighted by molar-refractivity contribution is -0.139. The zero-order valence-corrected chi connectivity index (χ0v) is 18.5. The van der Waals surface area contributed by atoms with E-state index in [1.807, 2.05) is 23.1 Å². The van der Waals surface area contributed by atoms with Crippen molar-refractivity contribution in [1.82, 2.24) is 19.8 Å². The molecule has 8 nitrogen and oxygen atoms in total. The summed E-state index contributed by atoms with van der Waals surface area (Å²) in [6, 6.07) is 7.99. The van der Waals surface area contributed by atoms with Gasteiger partial charge in [-0.1, -0.05) is 18.2 Å². The van der Waals surface area contributed by atoms with Gasteiger partial charge in [-0.05, 0) is 25.3 Å². The number of H-pyrrole nitrogens is 1. The van der Waals surface area contributed by atoms with E-state index < -0.39 is 0 Å². The van der Waals surface area contributed by atoms with Crippen molar-refractivity contribution < 1.29 is 14.3 Å². The summed E-state index contributed by atoms with van der Waals surface area (Å²) in [5, 5.41) is 0. The van der Waals surface area contributed by atoms with Gasteiger partial charge in [0.15, 0.2) is 0 Å². The van der Waals surface area contributed by atoms with E-state index in [1.165, 1.54) is 0 Å². The van der Waals surface area contributed by atoms with Crippen LogP contribution < -0.4 is 10.3 Å². The topological polar surface area (TPSA) is 87.8 Å². The zero-order valence-electron chi connectivity index (χ0n) is 18.5. The monoisotopic (exact) mass is 438 g/mol. The first-order valence-corrected chi connectivity index (χ1v) is 11.5. The van der Waals surface area contributed by atoms with Gasteiger partial charge in [0.25, 0.3) is 11.5 Å². The second-order valence-electron chi connectivity index (χ2n) is 8.92. The average Bonchev–Trinajstić information content (AvgIpc) is 3.52. The van der Waals surface area contributed by atoms with Crippen molar-refractivity contribution in [2.24, 2.45) is 0 Å². The molecule has 0 saturated carbocycles. The second-order valence-corrected chi connectivity index (χ2v) is 8.92. The molecule has 1 aromatic carbocycles. The van der Waals surface area contributed by atoms with E-state index in [0.717, 1.165) is 67.2 Å². The van der Waals surface area contributed by atoms with Crippen LogP contribution in [0.4, 0.5) is 0 Å². The third-order valence-corrected chi connectivity index (χ3v) is 6.84. The molecule has 8 heteroatoms. The Kier molecular flexibility index (Phi) is 5.97. The number of methoxy groups -OCH3 is 1. The Bertz CT molecular complexity index is 1050. The number of ether oxygens (including phenoxy) is 2. The van der Waals surface area contributed by atoms with Gasteiger partial charge in [-0.3, -0.25) is 14.5 Å². The molecule has 0 radical (unpaired) electrons. The van der Waals surface area contributed by atoms with Crippen LogP contribution in [-0.2, 0) is 29.0 Å². The standard InChI is InChI=1S/C24H30N4O4/c1-31-20-6-3-2-5-16(20)13-27-10-9-19-18(15-27)23(29)26-22(25-19)17-8-11-28(14-17)24(30)21-7-4-12-32-21/h2-3,5-6,17,21H,4,7-15H2,1H3,(H,25,26,29). The Balaban J connectivity index is 1.27. The average molecular weight is 439 g/mol. The number of rotatable bonds is 5. The van der Waals surface area contributed by atoms with Crippen molar-refractivity contribution >= 4 is 5.91 Å². The maximum Gasteiger partial charge on any atom is 0.255 e. The van der Waals surface area contributed by atoms with Crippen molar-refractivity contribution in [1.29, 1.82) is 0 Å². The molecule has 1 aromatic heterocycles. The maximum atomic E-state index is 12.9. The van der Waals surface area contributed by atoms with E-state index in [4.69, 9.17) is 14.5 Å². The van der Waals surface area contributed by atoms with E-state index in [2.05, 4.69) is 16.0 Å². The van der Waals surface area contributed by atoms with Crippen molar-refractivity contribution in [2.75, 3.05) is 33.4 Å². The van der Waals surface area contributed by atoms with Crippen LogP contribution in [0.25, 0.3) is 0 Å². The molecule has 2 unspecified atom stereocenters. The number of fused-ring (bicyclic) bond motifs is 1. The first-order chi connectivity index (χ1) is 15.6. The van der Waals surface area contributed by atoms with Crippen molar-refractivity contribution in [3.05, 3.63) is 57.3 Å². The van der Waals surface area contributed by atoms with Crippen LogP contribution in [0.15, 0.2) is 29.1 Å². The molecule has 170 valence electrons.